The standard InChI is InChI=1S/C40H44N4O11S2/c1-5-53-39(47)33(23-27-11-15-29(16-12-27)43-56(49,50)31-19-7-25(3)8-20-31)41-37(45)35-36(55-35)38(46)42-34(40(48)54-6-2)24-28-13-17-30(18-14-28)44-57(51,52)32-21-9-26(4)10-22-32/h7-22,33-36,43-44H,5-6,23-24H2,1-4H3,(H,41,45)(H,42,46)/t33-,34-,35-,36-/m0/s1. The van der Waals surface area contributed by atoms with Crippen LogP contribution in [0.3, 0.4) is 0 Å². The monoisotopic (exact) mass is 820 g/mol. The van der Waals surface area contributed by atoms with Crippen molar-refractivity contribution in [2.24, 2.45) is 0 Å². The van der Waals surface area contributed by atoms with E-state index >= 15 is 0 Å². The number of amides is 2. The number of rotatable bonds is 18. The van der Waals surface area contributed by atoms with E-state index in [0.29, 0.717) is 11.1 Å². The van der Waals surface area contributed by atoms with E-state index in [1.165, 1.54) is 48.5 Å². The summed E-state index contributed by atoms with van der Waals surface area (Å²) in [5.74, 6) is -2.97. The van der Waals surface area contributed by atoms with E-state index in [1.807, 2.05) is 13.8 Å². The topological polar surface area (TPSA) is 216 Å². The van der Waals surface area contributed by atoms with Gasteiger partial charge in [0.25, 0.3) is 31.9 Å². The molecular formula is C40H44N4O11S2. The molecule has 1 saturated heterocycles. The van der Waals surface area contributed by atoms with Crippen LogP contribution in [0.15, 0.2) is 107 Å². The summed E-state index contributed by atoms with van der Waals surface area (Å²) in [7, 11) is -7.68. The zero-order valence-corrected chi connectivity index (χ0v) is 33.3. The number of aryl methyl sites for hydroxylation is 2. The molecule has 4 atom stereocenters. The first-order valence-electron chi connectivity index (χ1n) is 18.0. The van der Waals surface area contributed by atoms with Gasteiger partial charge in [-0.05, 0) is 87.4 Å². The molecule has 0 aliphatic carbocycles. The summed E-state index contributed by atoms with van der Waals surface area (Å²) in [6.07, 6.45) is -2.56. The number of benzene rings is 4. The summed E-state index contributed by atoms with van der Waals surface area (Å²) in [5.41, 5.74) is 3.56. The molecule has 5 rings (SSSR count). The van der Waals surface area contributed by atoms with Crippen LogP contribution in [-0.4, -0.2) is 78.1 Å². The van der Waals surface area contributed by atoms with Crippen LogP contribution < -0.4 is 20.1 Å². The molecule has 0 bridgehead atoms. The Hall–Kier alpha value is -5.78. The lowest BCUT2D eigenvalue weighted by Crippen LogP contribution is -2.48. The van der Waals surface area contributed by atoms with Crippen LogP contribution in [0, 0.1) is 13.8 Å². The highest BCUT2D eigenvalue weighted by atomic mass is 32.2. The fourth-order valence-electron chi connectivity index (χ4n) is 5.64. The molecule has 0 unspecified atom stereocenters. The van der Waals surface area contributed by atoms with Crippen molar-refractivity contribution in [2.45, 2.75) is 74.6 Å². The third kappa shape index (κ3) is 11.6. The molecule has 1 aliphatic rings. The number of ether oxygens (including phenoxy) is 3. The van der Waals surface area contributed by atoms with E-state index in [1.54, 1.807) is 62.4 Å². The molecule has 57 heavy (non-hydrogen) atoms. The first-order chi connectivity index (χ1) is 27.1. The lowest BCUT2D eigenvalue weighted by Gasteiger charge is -2.18. The number of carbonyl (C=O) groups excluding carboxylic acids is 4. The molecule has 0 spiro atoms. The van der Waals surface area contributed by atoms with Crippen LogP contribution in [0.25, 0.3) is 0 Å². The summed E-state index contributed by atoms with van der Waals surface area (Å²) in [5, 5.41) is 5.15. The van der Waals surface area contributed by atoms with Crippen LogP contribution in [0.2, 0.25) is 0 Å². The molecule has 1 fully saturated rings. The Labute approximate surface area is 331 Å². The van der Waals surface area contributed by atoms with Gasteiger partial charge in [0.2, 0.25) is 0 Å². The molecular weight excluding hydrogens is 777 g/mol. The minimum atomic E-state index is -3.84. The van der Waals surface area contributed by atoms with Crippen LogP contribution in [0.5, 0.6) is 0 Å². The second-order valence-corrected chi connectivity index (χ2v) is 16.6. The Morgan fingerprint density at radius 3 is 1.21 bits per heavy atom. The molecule has 0 aromatic heterocycles. The van der Waals surface area contributed by atoms with Crippen LogP contribution in [0.1, 0.15) is 36.1 Å². The molecule has 4 N–H and O–H groups in total. The number of nitrogens with one attached hydrogen (secondary N) is 4. The van der Waals surface area contributed by atoms with Crippen molar-refractivity contribution in [3.8, 4) is 0 Å². The number of sulfonamides is 2. The smallest absolute Gasteiger partial charge is 0.328 e. The molecule has 0 saturated carbocycles. The summed E-state index contributed by atoms with van der Waals surface area (Å²) in [4.78, 5) is 52.3. The number of hydrogen-bond acceptors (Lipinski definition) is 11. The van der Waals surface area contributed by atoms with Crippen molar-refractivity contribution < 1.29 is 50.2 Å². The fourth-order valence-corrected chi connectivity index (χ4v) is 7.76. The highest BCUT2D eigenvalue weighted by Crippen LogP contribution is 2.24. The highest BCUT2D eigenvalue weighted by Gasteiger charge is 2.51. The Bertz CT molecular complexity index is 2120. The van der Waals surface area contributed by atoms with E-state index < -0.39 is 68.1 Å². The van der Waals surface area contributed by atoms with Crippen LogP contribution >= 0.6 is 0 Å². The molecule has 17 heteroatoms. The zero-order valence-electron chi connectivity index (χ0n) is 31.7. The first kappa shape index (κ1) is 42.4. The van der Waals surface area contributed by atoms with Crippen molar-refractivity contribution in [1.29, 1.82) is 0 Å². The van der Waals surface area contributed by atoms with Gasteiger partial charge >= 0.3 is 11.9 Å². The van der Waals surface area contributed by atoms with Gasteiger partial charge in [-0.15, -0.1) is 0 Å². The largest absolute Gasteiger partial charge is 0.464 e. The molecule has 4 aromatic rings. The van der Waals surface area contributed by atoms with E-state index in [2.05, 4.69) is 20.1 Å². The number of anilines is 2. The Morgan fingerprint density at radius 1 is 0.561 bits per heavy atom. The Balaban J connectivity index is 1.18. The SMILES string of the molecule is CCOC(=O)[C@H](Cc1ccc(NS(=O)(=O)c2ccc(C)cc2)cc1)NC(=O)[C@H]1O[C@@H]1C(=O)N[C@@H](Cc1ccc(NS(=O)(=O)c2ccc(C)cc2)cc1)C(=O)OCC. The van der Waals surface area contributed by atoms with Gasteiger partial charge in [-0.3, -0.25) is 19.0 Å². The number of epoxide rings is 1. The van der Waals surface area contributed by atoms with Crippen molar-refractivity contribution >= 4 is 55.2 Å². The average Bonchev–Trinajstić information content (AvgIpc) is 3.98. The molecule has 2 amide bonds. The second-order valence-electron chi connectivity index (χ2n) is 13.2. The van der Waals surface area contributed by atoms with Gasteiger partial charge in [0.05, 0.1) is 23.0 Å². The molecule has 4 aromatic carbocycles. The predicted octanol–water partition coefficient (Wildman–Crippen LogP) is 3.55. The molecule has 15 nitrogen and oxygen atoms in total. The maximum Gasteiger partial charge on any atom is 0.328 e. The van der Waals surface area contributed by atoms with Gasteiger partial charge in [0.15, 0.2) is 12.2 Å². The lowest BCUT2D eigenvalue weighted by atomic mass is 10.0. The third-order valence-corrected chi connectivity index (χ3v) is 11.5. The van der Waals surface area contributed by atoms with Gasteiger partial charge in [-0.2, -0.15) is 0 Å². The number of carbonyl (C=O) groups is 4. The van der Waals surface area contributed by atoms with E-state index in [0.717, 1.165) is 11.1 Å². The van der Waals surface area contributed by atoms with E-state index in [4.69, 9.17) is 14.2 Å². The fraction of sp³-hybridized carbons (Fsp3) is 0.300. The summed E-state index contributed by atoms with van der Waals surface area (Å²) >= 11 is 0. The third-order valence-electron chi connectivity index (χ3n) is 8.74. The number of esters is 2. The summed E-state index contributed by atoms with van der Waals surface area (Å²) in [6, 6.07) is 22.9. The van der Waals surface area contributed by atoms with Gasteiger partial charge < -0.3 is 24.8 Å². The van der Waals surface area contributed by atoms with Gasteiger partial charge in [0.1, 0.15) is 12.1 Å². The molecule has 1 aliphatic heterocycles. The van der Waals surface area contributed by atoms with Crippen LogP contribution in [-0.2, 0) is 66.3 Å². The van der Waals surface area contributed by atoms with E-state index in [9.17, 15) is 36.0 Å². The number of hydrogen-bond donors (Lipinski definition) is 4. The molecule has 1 heterocycles. The second kappa shape index (κ2) is 18.4. The van der Waals surface area contributed by atoms with Gasteiger partial charge in [-0.1, -0.05) is 59.7 Å². The zero-order chi connectivity index (χ0) is 41.3. The van der Waals surface area contributed by atoms with Gasteiger partial charge in [0, 0.05) is 24.2 Å². The normalized spacial score (nSPS) is 16.0. The quantitative estimate of drug-likeness (QED) is 0.0841. The minimum absolute atomic E-state index is 0.0176. The molecule has 0 radical (unpaired) electrons. The van der Waals surface area contributed by atoms with Crippen LogP contribution in [0.4, 0.5) is 11.4 Å². The predicted molar refractivity (Wildman–Crippen MR) is 210 cm³/mol. The van der Waals surface area contributed by atoms with E-state index in [-0.39, 0.29) is 47.2 Å². The van der Waals surface area contributed by atoms with Crippen molar-refractivity contribution in [3.63, 3.8) is 0 Å². The lowest BCUT2D eigenvalue weighted by molar-refractivity contribution is -0.148. The average molecular weight is 821 g/mol. The maximum absolute atomic E-state index is 13.2. The summed E-state index contributed by atoms with van der Waals surface area (Å²) in [6.45, 7) is 6.99. The summed E-state index contributed by atoms with van der Waals surface area (Å²) < 4.78 is 71.9. The first-order valence-corrected chi connectivity index (χ1v) is 21.0. The van der Waals surface area contributed by atoms with Gasteiger partial charge in [-0.25, -0.2) is 26.4 Å². The Kier molecular flexibility index (Phi) is 13.7. The Morgan fingerprint density at radius 2 is 0.895 bits per heavy atom. The maximum atomic E-state index is 13.2. The van der Waals surface area contributed by atoms with Crippen molar-refractivity contribution in [2.75, 3.05) is 22.7 Å². The highest BCUT2D eigenvalue weighted by molar-refractivity contribution is 7.93. The van der Waals surface area contributed by atoms with Crippen molar-refractivity contribution in [3.05, 3.63) is 119 Å². The molecule has 302 valence electrons. The minimum Gasteiger partial charge on any atom is -0.464 e. The van der Waals surface area contributed by atoms with Crippen molar-refractivity contribution in [1.82, 2.24) is 10.6 Å².